The van der Waals surface area contributed by atoms with E-state index in [-0.39, 0.29) is 11.1 Å². The molecule has 0 bridgehead atoms. The van der Waals surface area contributed by atoms with Crippen LogP contribution in [0.5, 0.6) is 0 Å². The van der Waals surface area contributed by atoms with Gasteiger partial charge in [0.1, 0.15) is 5.69 Å². The van der Waals surface area contributed by atoms with E-state index >= 15 is 0 Å². The monoisotopic (exact) mass is 243 g/mol. The van der Waals surface area contributed by atoms with E-state index in [9.17, 15) is 9.59 Å². The quantitative estimate of drug-likeness (QED) is 0.764. The number of hydrogen-bond acceptors (Lipinski definition) is 4. The zero-order valence-electron chi connectivity index (χ0n) is 10.0. The fourth-order valence-corrected chi connectivity index (χ4v) is 1.65. The van der Waals surface area contributed by atoms with Crippen molar-refractivity contribution in [1.29, 1.82) is 0 Å². The normalized spacial score (nSPS) is 10.3. The van der Waals surface area contributed by atoms with E-state index in [0.717, 1.165) is 6.42 Å². The SMILES string of the molecule is CCCn1nc(-c2ccccn2)cc(C=O)c1=O. The second kappa shape index (κ2) is 5.35. The Labute approximate surface area is 104 Å². The molecule has 0 amide bonds. The van der Waals surface area contributed by atoms with E-state index in [1.54, 1.807) is 18.3 Å². The van der Waals surface area contributed by atoms with Gasteiger partial charge in [0.05, 0.1) is 11.3 Å². The number of aryl methyl sites for hydroxylation is 1. The van der Waals surface area contributed by atoms with Gasteiger partial charge in [-0.3, -0.25) is 14.6 Å². The van der Waals surface area contributed by atoms with Gasteiger partial charge in [-0.25, -0.2) is 4.68 Å². The maximum absolute atomic E-state index is 11.8. The Morgan fingerprint density at radius 1 is 1.33 bits per heavy atom. The van der Waals surface area contributed by atoms with Crippen LogP contribution in [0.15, 0.2) is 35.3 Å². The molecule has 2 rings (SSSR count). The van der Waals surface area contributed by atoms with Gasteiger partial charge in [0.15, 0.2) is 6.29 Å². The van der Waals surface area contributed by atoms with Crippen molar-refractivity contribution in [2.45, 2.75) is 19.9 Å². The summed E-state index contributed by atoms with van der Waals surface area (Å²) >= 11 is 0. The largest absolute Gasteiger partial charge is 0.298 e. The molecule has 0 aliphatic carbocycles. The number of pyridine rings is 1. The fraction of sp³-hybridized carbons (Fsp3) is 0.231. The Hall–Kier alpha value is -2.30. The summed E-state index contributed by atoms with van der Waals surface area (Å²) in [4.78, 5) is 26.9. The highest BCUT2D eigenvalue weighted by molar-refractivity contribution is 5.76. The van der Waals surface area contributed by atoms with Gasteiger partial charge in [-0.05, 0) is 24.6 Å². The van der Waals surface area contributed by atoms with Crippen LogP contribution in [-0.4, -0.2) is 21.1 Å². The number of hydrogen-bond donors (Lipinski definition) is 0. The standard InChI is InChI=1S/C13H13N3O2/c1-2-7-16-13(18)10(9-17)8-12(15-16)11-5-3-4-6-14-11/h3-6,8-9H,2,7H2,1H3. The molecule has 0 saturated carbocycles. The summed E-state index contributed by atoms with van der Waals surface area (Å²) in [7, 11) is 0. The molecule has 0 radical (unpaired) electrons. The Bertz CT molecular complexity index is 605. The van der Waals surface area contributed by atoms with Gasteiger partial charge in [-0.2, -0.15) is 5.10 Å². The fourth-order valence-electron chi connectivity index (χ4n) is 1.65. The molecule has 5 nitrogen and oxygen atoms in total. The first-order valence-corrected chi connectivity index (χ1v) is 5.75. The van der Waals surface area contributed by atoms with E-state index in [1.165, 1.54) is 10.7 Å². The van der Waals surface area contributed by atoms with Gasteiger partial charge < -0.3 is 0 Å². The van der Waals surface area contributed by atoms with E-state index in [1.807, 2.05) is 13.0 Å². The van der Waals surface area contributed by atoms with Crippen molar-refractivity contribution in [3.8, 4) is 11.4 Å². The van der Waals surface area contributed by atoms with Gasteiger partial charge in [-0.15, -0.1) is 0 Å². The molecule has 0 aliphatic rings. The van der Waals surface area contributed by atoms with Crippen LogP contribution in [0.1, 0.15) is 23.7 Å². The minimum Gasteiger partial charge on any atom is -0.298 e. The van der Waals surface area contributed by atoms with Crippen molar-refractivity contribution in [3.63, 3.8) is 0 Å². The van der Waals surface area contributed by atoms with Gasteiger partial charge >= 0.3 is 0 Å². The zero-order chi connectivity index (χ0) is 13.0. The van der Waals surface area contributed by atoms with Crippen LogP contribution in [0.2, 0.25) is 0 Å². The average Bonchev–Trinajstić information content (AvgIpc) is 2.42. The molecule has 0 fully saturated rings. The second-order valence-electron chi connectivity index (χ2n) is 3.85. The zero-order valence-corrected chi connectivity index (χ0v) is 10.0. The molecule has 18 heavy (non-hydrogen) atoms. The van der Waals surface area contributed by atoms with Crippen LogP contribution < -0.4 is 5.56 Å². The molecule has 0 N–H and O–H groups in total. The number of rotatable bonds is 4. The van der Waals surface area contributed by atoms with Gasteiger partial charge in [0.2, 0.25) is 0 Å². The third kappa shape index (κ3) is 2.34. The summed E-state index contributed by atoms with van der Waals surface area (Å²) < 4.78 is 1.31. The summed E-state index contributed by atoms with van der Waals surface area (Å²) in [6.07, 6.45) is 2.98. The van der Waals surface area contributed by atoms with E-state index in [2.05, 4.69) is 10.1 Å². The van der Waals surface area contributed by atoms with Crippen LogP contribution in [0.3, 0.4) is 0 Å². The molecule has 2 aromatic heterocycles. The Morgan fingerprint density at radius 3 is 2.78 bits per heavy atom. The van der Waals surface area contributed by atoms with Crippen molar-refractivity contribution in [2.24, 2.45) is 0 Å². The summed E-state index contributed by atoms with van der Waals surface area (Å²) in [5.74, 6) is 0. The van der Waals surface area contributed by atoms with Crippen LogP contribution in [-0.2, 0) is 6.54 Å². The molecule has 0 saturated heterocycles. The van der Waals surface area contributed by atoms with Crippen LogP contribution in [0.4, 0.5) is 0 Å². The lowest BCUT2D eigenvalue weighted by Gasteiger charge is -2.06. The molecule has 0 spiro atoms. The summed E-state index contributed by atoms with van der Waals surface area (Å²) in [5, 5.41) is 4.22. The number of aldehydes is 1. The lowest BCUT2D eigenvalue weighted by molar-refractivity contribution is 0.112. The molecule has 0 aliphatic heterocycles. The lowest BCUT2D eigenvalue weighted by atomic mass is 10.2. The van der Waals surface area contributed by atoms with E-state index < -0.39 is 0 Å². The third-order valence-corrected chi connectivity index (χ3v) is 2.49. The maximum atomic E-state index is 11.8. The topological polar surface area (TPSA) is 64.8 Å². The number of aromatic nitrogens is 3. The molecular weight excluding hydrogens is 230 g/mol. The molecule has 0 unspecified atom stereocenters. The van der Waals surface area contributed by atoms with Crippen molar-refractivity contribution in [2.75, 3.05) is 0 Å². The highest BCUT2D eigenvalue weighted by Crippen LogP contribution is 2.12. The smallest absolute Gasteiger partial charge is 0.277 e. The Balaban J connectivity index is 2.59. The van der Waals surface area contributed by atoms with Crippen LogP contribution >= 0.6 is 0 Å². The van der Waals surface area contributed by atoms with Crippen LogP contribution in [0.25, 0.3) is 11.4 Å². The highest BCUT2D eigenvalue weighted by Gasteiger charge is 2.09. The lowest BCUT2D eigenvalue weighted by Crippen LogP contribution is -2.26. The molecule has 2 aromatic rings. The molecule has 0 atom stereocenters. The second-order valence-corrected chi connectivity index (χ2v) is 3.85. The van der Waals surface area contributed by atoms with Crippen molar-refractivity contribution < 1.29 is 4.79 Å². The molecule has 0 aromatic carbocycles. The Morgan fingerprint density at radius 2 is 2.17 bits per heavy atom. The number of nitrogens with zero attached hydrogens (tertiary/aromatic N) is 3. The summed E-state index contributed by atoms with van der Waals surface area (Å²) in [5.41, 5.74) is 0.932. The van der Waals surface area contributed by atoms with E-state index in [4.69, 9.17) is 0 Å². The molecule has 2 heterocycles. The molecule has 92 valence electrons. The summed E-state index contributed by atoms with van der Waals surface area (Å²) in [6, 6.07) is 6.90. The van der Waals surface area contributed by atoms with Crippen molar-refractivity contribution >= 4 is 6.29 Å². The highest BCUT2D eigenvalue weighted by atomic mass is 16.1. The molecular formula is C13H13N3O2. The van der Waals surface area contributed by atoms with Gasteiger partial charge in [-0.1, -0.05) is 13.0 Å². The number of carbonyl (C=O) groups excluding carboxylic acids is 1. The van der Waals surface area contributed by atoms with Crippen molar-refractivity contribution in [3.05, 3.63) is 46.4 Å². The predicted octanol–water partition coefficient (Wildman–Crippen LogP) is 1.53. The Kier molecular flexibility index (Phi) is 3.62. The number of carbonyl (C=O) groups is 1. The first-order valence-electron chi connectivity index (χ1n) is 5.75. The maximum Gasteiger partial charge on any atom is 0.277 e. The average molecular weight is 243 g/mol. The predicted molar refractivity (Wildman–Crippen MR) is 67.4 cm³/mol. The first kappa shape index (κ1) is 12.2. The summed E-state index contributed by atoms with van der Waals surface area (Å²) in [6.45, 7) is 2.43. The van der Waals surface area contributed by atoms with E-state index in [0.29, 0.717) is 24.2 Å². The van der Waals surface area contributed by atoms with Gasteiger partial charge in [0, 0.05) is 12.7 Å². The van der Waals surface area contributed by atoms with Crippen molar-refractivity contribution in [1.82, 2.24) is 14.8 Å². The minimum absolute atomic E-state index is 0.110. The van der Waals surface area contributed by atoms with Gasteiger partial charge in [0.25, 0.3) is 5.56 Å². The van der Waals surface area contributed by atoms with Crippen LogP contribution in [0, 0.1) is 0 Å². The first-order chi connectivity index (χ1) is 8.76. The molecule has 5 heteroatoms. The third-order valence-electron chi connectivity index (χ3n) is 2.49. The minimum atomic E-state index is -0.355.